The lowest BCUT2D eigenvalue weighted by Gasteiger charge is -2.15. The fourth-order valence-electron chi connectivity index (χ4n) is 5.40. The quantitative estimate of drug-likeness (QED) is 0.223. The number of hydrogen-bond acceptors (Lipinski definition) is 6. The normalized spacial score (nSPS) is 13.9. The molecule has 192 valence electrons. The van der Waals surface area contributed by atoms with Crippen LogP contribution in [0.15, 0.2) is 79.5 Å². The SMILES string of the molecule is C=C(Nc1cncc(-c2cnc3n[nH]c(-c4nc5nccc(-c6ccccc6F)c5[nH]4)c3c2)c1)C1CCCC1. The number of nitrogens with one attached hydrogen (secondary N) is 3. The van der Waals surface area contributed by atoms with E-state index in [0.29, 0.717) is 45.4 Å². The Morgan fingerprint density at radius 1 is 0.949 bits per heavy atom. The topological polar surface area (TPSA) is 108 Å². The van der Waals surface area contributed by atoms with Gasteiger partial charge in [0, 0.05) is 46.5 Å². The maximum absolute atomic E-state index is 14.6. The summed E-state index contributed by atoms with van der Waals surface area (Å²) >= 11 is 0. The van der Waals surface area contributed by atoms with Crippen molar-refractivity contribution in [3.8, 4) is 33.8 Å². The first-order valence-electron chi connectivity index (χ1n) is 13.0. The lowest BCUT2D eigenvalue weighted by molar-refractivity contribution is 0.631. The summed E-state index contributed by atoms with van der Waals surface area (Å²) in [6.45, 7) is 4.26. The number of aromatic amines is 2. The smallest absolute Gasteiger partial charge is 0.181 e. The molecule has 5 heterocycles. The van der Waals surface area contributed by atoms with Crippen molar-refractivity contribution in [3.63, 3.8) is 0 Å². The van der Waals surface area contributed by atoms with Gasteiger partial charge in [-0.2, -0.15) is 5.10 Å². The maximum Gasteiger partial charge on any atom is 0.181 e. The maximum atomic E-state index is 14.6. The fourth-order valence-corrected chi connectivity index (χ4v) is 5.40. The molecule has 0 aliphatic heterocycles. The van der Waals surface area contributed by atoms with Crippen LogP contribution in [0, 0.1) is 11.7 Å². The van der Waals surface area contributed by atoms with Crippen LogP contribution in [0.1, 0.15) is 25.7 Å². The molecule has 7 rings (SSSR count). The van der Waals surface area contributed by atoms with Crippen LogP contribution >= 0.6 is 0 Å². The van der Waals surface area contributed by atoms with Crippen molar-refractivity contribution in [2.45, 2.75) is 25.7 Å². The summed E-state index contributed by atoms with van der Waals surface area (Å²) in [6, 6.07) is 12.5. The van der Waals surface area contributed by atoms with E-state index in [9.17, 15) is 4.39 Å². The lowest BCUT2D eigenvalue weighted by atomic mass is 10.0. The molecule has 1 saturated carbocycles. The summed E-state index contributed by atoms with van der Waals surface area (Å²) in [6.07, 6.45) is 11.9. The first-order chi connectivity index (χ1) is 19.1. The van der Waals surface area contributed by atoms with Gasteiger partial charge >= 0.3 is 0 Å². The molecule has 39 heavy (non-hydrogen) atoms. The molecule has 5 aromatic heterocycles. The number of aromatic nitrogens is 7. The van der Waals surface area contributed by atoms with Crippen LogP contribution in [0.25, 0.3) is 56.0 Å². The van der Waals surface area contributed by atoms with Crippen molar-refractivity contribution in [1.82, 2.24) is 35.1 Å². The van der Waals surface area contributed by atoms with Gasteiger partial charge in [-0.1, -0.05) is 37.6 Å². The van der Waals surface area contributed by atoms with Crippen LogP contribution in [0.5, 0.6) is 0 Å². The van der Waals surface area contributed by atoms with Gasteiger partial charge in [0.05, 0.1) is 22.8 Å². The molecule has 1 fully saturated rings. The standard InChI is InChI=1S/C30H25FN8/c1-17(18-6-2-3-7-18)35-21-12-19(14-32-16-21)20-13-24-27(38-39-28(24)34-15-20)30-36-26-23(10-11-33-29(26)37-30)22-8-4-5-9-25(22)31/h4-5,8-16,18,35H,1-3,6-7H2,(H,33,36,37)(H,34,38,39). The Morgan fingerprint density at radius 3 is 2.67 bits per heavy atom. The van der Waals surface area contributed by atoms with Crippen molar-refractivity contribution >= 4 is 27.9 Å². The Morgan fingerprint density at radius 2 is 1.79 bits per heavy atom. The van der Waals surface area contributed by atoms with Crippen molar-refractivity contribution in [2.75, 3.05) is 5.32 Å². The van der Waals surface area contributed by atoms with E-state index in [1.807, 2.05) is 24.5 Å². The highest BCUT2D eigenvalue weighted by atomic mass is 19.1. The average Bonchev–Trinajstić information content (AvgIpc) is 3.73. The van der Waals surface area contributed by atoms with Gasteiger partial charge in [-0.3, -0.25) is 10.1 Å². The van der Waals surface area contributed by atoms with Crippen molar-refractivity contribution < 1.29 is 4.39 Å². The van der Waals surface area contributed by atoms with Crippen LogP contribution in [-0.2, 0) is 0 Å². The Kier molecular flexibility index (Phi) is 5.61. The molecule has 1 aliphatic carbocycles. The molecule has 3 N–H and O–H groups in total. The average molecular weight is 517 g/mol. The summed E-state index contributed by atoms with van der Waals surface area (Å²) in [5.41, 5.74) is 7.32. The molecule has 0 spiro atoms. The Balaban J connectivity index is 1.25. The highest BCUT2D eigenvalue weighted by Crippen LogP contribution is 2.34. The second-order valence-corrected chi connectivity index (χ2v) is 9.91. The van der Waals surface area contributed by atoms with Gasteiger partial charge in [0.2, 0.25) is 0 Å². The van der Waals surface area contributed by atoms with Gasteiger partial charge in [0.25, 0.3) is 0 Å². The van der Waals surface area contributed by atoms with Crippen molar-refractivity contribution in [2.24, 2.45) is 5.92 Å². The van der Waals surface area contributed by atoms with Crippen LogP contribution in [0.2, 0.25) is 0 Å². The van der Waals surface area contributed by atoms with E-state index in [1.54, 1.807) is 30.6 Å². The van der Waals surface area contributed by atoms with Crippen LogP contribution < -0.4 is 5.32 Å². The predicted octanol–water partition coefficient (Wildman–Crippen LogP) is 6.88. The Hall–Kier alpha value is -4.92. The molecule has 0 bridgehead atoms. The van der Waals surface area contributed by atoms with E-state index < -0.39 is 0 Å². The third kappa shape index (κ3) is 4.21. The zero-order valence-electron chi connectivity index (χ0n) is 21.1. The monoisotopic (exact) mass is 516 g/mol. The van der Waals surface area contributed by atoms with E-state index in [2.05, 4.69) is 53.1 Å². The molecule has 8 nitrogen and oxygen atoms in total. The molecule has 0 atom stereocenters. The number of pyridine rings is 3. The number of H-pyrrole nitrogens is 2. The van der Waals surface area contributed by atoms with Crippen LogP contribution in [0.3, 0.4) is 0 Å². The minimum atomic E-state index is -0.306. The van der Waals surface area contributed by atoms with Gasteiger partial charge in [-0.05, 0) is 43.0 Å². The van der Waals surface area contributed by atoms with Gasteiger partial charge in [0.1, 0.15) is 11.5 Å². The third-order valence-corrected chi connectivity index (χ3v) is 7.43. The van der Waals surface area contributed by atoms with Crippen LogP contribution in [0.4, 0.5) is 10.1 Å². The summed E-state index contributed by atoms with van der Waals surface area (Å²) in [4.78, 5) is 21.4. The molecule has 9 heteroatoms. The molecule has 0 saturated heterocycles. The molecule has 0 unspecified atom stereocenters. The van der Waals surface area contributed by atoms with Crippen molar-refractivity contribution in [1.29, 1.82) is 0 Å². The Bertz CT molecular complexity index is 1850. The van der Waals surface area contributed by atoms with E-state index in [-0.39, 0.29) is 5.82 Å². The number of rotatable bonds is 6. The number of fused-ring (bicyclic) bond motifs is 2. The van der Waals surface area contributed by atoms with E-state index in [4.69, 9.17) is 0 Å². The van der Waals surface area contributed by atoms with Crippen molar-refractivity contribution in [3.05, 3.63) is 85.3 Å². The second-order valence-electron chi connectivity index (χ2n) is 9.91. The molecule has 0 amide bonds. The fraction of sp³-hybridized carbons (Fsp3) is 0.167. The highest BCUT2D eigenvalue weighted by Gasteiger charge is 2.19. The van der Waals surface area contributed by atoms with Gasteiger partial charge in [-0.15, -0.1) is 0 Å². The van der Waals surface area contributed by atoms with Gasteiger partial charge in [-0.25, -0.2) is 19.3 Å². The number of benzene rings is 1. The second kappa shape index (κ2) is 9.43. The minimum Gasteiger partial charge on any atom is -0.358 e. The number of nitrogens with zero attached hydrogens (tertiary/aromatic N) is 5. The Labute approximate surface area is 223 Å². The highest BCUT2D eigenvalue weighted by molar-refractivity contribution is 5.96. The van der Waals surface area contributed by atoms with Crippen LogP contribution in [-0.4, -0.2) is 35.1 Å². The number of allylic oxidation sites excluding steroid dienone is 1. The molecular weight excluding hydrogens is 491 g/mol. The predicted molar refractivity (Wildman–Crippen MR) is 150 cm³/mol. The zero-order valence-corrected chi connectivity index (χ0v) is 21.1. The third-order valence-electron chi connectivity index (χ3n) is 7.43. The molecular formula is C30H25FN8. The lowest BCUT2D eigenvalue weighted by Crippen LogP contribution is -2.07. The first kappa shape index (κ1) is 23.2. The summed E-state index contributed by atoms with van der Waals surface area (Å²) in [5, 5.41) is 11.7. The van der Waals surface area contributed by atoms with E-state index in [0.717, 1.165) is 27.9 Å². The summed E-state index contributed by atoms with van der Waals surface area (Å²) in [5.74, 6) is 0.751. The van der Waals surface area contributed by atoms with E-state index >= 15 is 0 Å². The first-order valence-corrected chi connectivity index (χ1v) is 13.0. The van der Waals surface area contributed by atoms with Gasteiger partial charge < -0.3 is 10.3 Å². The number of imidazole rings is 1. The molecule has 1 aromatic carbocycles. The largest absolute Gasteiger partial charge is 0.358 e. The summed E-state index contributed by atoms with van der Waals surface area (Å²) in [7, 11) is 0. The van der Waals surface area contributed by atoms with E-state index in [1.165, 1.54) is 31.7 Å². The zero-order chi connectivity index (χ0) is 26.3. The number of halogens is 1. The summed E-state index contributed by atoms with van der Waals surface area (Å²) < 4.78 is 14.6. The number of anilines is 1. The molecule has 0 radical (unpaired) electrons. The molecule has 1 aliphatic rings. The molecule has 6 aromatic rings. The minimum absolute atomic E-state index is 0.306. The van der Waals surface area contributed by atoms with Gasteiger partial charge in [0.15, 0.2) is 17.1 Å². The number of hydrogen-bond donors (Lipinski definition) is 3.